The number of anilines is 1. The van der Waals surface area contributed by atoms with Gasteiger partial charge in [0.15, 0.2) is 0 Å². The van der Waals surface area contributed by atoms with E-state index in [1.165, 1.54) is 11.3 Å². The van der Waals surface area contributed by atoms with Gasteiger partial charge >= 0.3 is 0 Å². The molecular weight excluding hydrogens is 316 g/mol. The van der Waals surface area contributed by atoms with Crippen LogP contribution in [0, 0.1) is 0 Å². The van der Waals surface area contributed by atoms with Gasteiger partial charge in [0.05, 0.1) is 11.4 Å². The molecule has 3 aromatic rings. The molecule has 1 aromatic carbocycles. The fourth-order valence-electron chi connectivity index (χ4n) is 1.85. The summed E-state index contributed by atoms with van der Waals surface area (Å²) in [7, 11) is 0. The normalized spacial score (nSPS) is 11.5. The largest absolute Gasteiger partial charge is 0.264 e. The van der Waals surface area contributed by atoms with Gasteiger partial charge in [-0.2, -0.15) is 5.10 Å². The molecule has 0 unspecified atom stereocenters. The number of halogens is 1. The SMILES string of the molecule is C/C(=N\Nc1nc(-c2ccc(Cl)cc2)cs1)c1cccnc1. The zero-order chi connectivity index (χ0) is 15.4. The number of hydrazone groups is 1. The van der Waals surface area contributed by atoms with Crippen molar-refractivity contribution in [2.24, 2.45) is 5.10 Å². The summed E-state index contributed by atoms with van der Waals surface area (Å²) >= 11 is 7.40. The predicted octanol–water partition coefficient (Wildman–Crippen LogP) is 4.69. The Hall–Kier alpha value is -2.24. The maximum absolute atomic E-state index is 5.89. The van der Waals surface area contributed by atoms with Crippen LogP contribution in [0.15, 0.2) is 59.3 Å². The van der Waals surface area contributed by atoms with E-state index in [1.807, 2.05) is 48.7 Å². The van der Waals surface area contributed by atoms with Crippen molar-refractivity contribution >= 4 is 33.8 Å². The van der Waals surface area contributed by atoms with E-state index in [1.54, 1.807) is 12.4 Å². The number of aromatic nitrogens is 2. The lowest BCUT2D eigenvalue weighted by atomic mass is 10.2. The van der Waals surface area contributed by atoms with Gasteiger partial charge in [-0.25, -0.2) is 4.98 Å². The molecule has 0 amide bonds. The van der Waals surface area contributed by atoms with Crippen molar-refractivity contribution in [3.63, 3.8) is 0 Å². The van der Waals surface area contributed by atoms with E-state index in [-0.39, 0.29) is 0 Å². The van der Waals surface area contributed by atoms with Crippen molar-refractivity contribution in [1.82, 2.24) is 9.97 Å². The van der Waals surface area contributed by atoms with E-state index in [9.17, 15) is 0 Å². The average molecular weight is 329 g/mol. The first-order valence-corrected chi connectivity index (χ1v) is 7.90. The number of hydrogen-bond donors (Lipinski definition) is 1. The van der Waals surface area contributed by atoms with Crippen LogP contribution >= 0.6 is 22.9 Å². The molecule has 6 heteroatoms. The van der Waals surface area contributed by atoms with Crippen molar-refractivity contribution in [2.45, 2.75) is 6.92 Å². The molecule has 4 nitrogen and oxygen atoms in total. The molecule has 0 saturated heterocycles. The van der Waals surface area contributed by atoms with Gasteiger partial charge in [0.25, 0.3) is 0 Å². The van der Waals surface area contributed by atoms with Gasteiger partial charge < -0.3 is 0 Å². The summed E-state index contributed by atoms with van der Waals surface area (Å²) in [5.74, 6) is 0. The van der Waals surface area contributed by atoms with E-state index in [2.05, 4.69) is 20.5 Å². The summed E-state index contributed by atoms with van der Waals surface area (Å²) in [5.41, 5.74) is 6.75. The lowest BCUT2D eigenvalue weighted by Crippen LogP contribution is -1.99. The van der Waals surface area contributed by atoms with E-state index in [0.29, 0.717) is 5.02 Å². The average Bonchev–Trinajstić information content (AvgIpc) is 3.03. The minimum Gasteiger partial charge on any atom is -0.264 e. The molecule has 0 bridgehead atoms. The quantitative estimate of drug-likeness (QED) is 0.558. The molecule has 0 aliphatic carbocycles. The first-order chi connectivity index (χ1) is 10.7. The van der Waals surface area contributed by atoms with Crippen LogP contribution in [0.25, 0.3) is 11.3 Å². The second-order valence-corrected chi connectivity index (χ2v) is 5.89. The van der Waals surface area contributed by atoms with Gasteiger partial charge in [-0.1, -0.05) is 29.8 Å². The van der Waals surface area contributed by atoms with Crippen LogP contribution in [0.3, 0.4) is 0 Å². The summed E-state index contributed by atoms with van der Waals surface area (Å²) in [5, 5.41) is 7.79. The fourth-order valence-corrected chi connectivity index (χ4v) is 2.64. The highest BCUT2D eigenvalue weighted by Crippen LogP contribution is 2.26. The van der Waals surface area contributed by atoms with Crippen molar-refractivity contribution < 1.29 is 0 Å². The van der Waals surface area contributed by atoms with Gasteiger partial charge in [0.1, 0.15) is 0 Å². The van der Waals surface area contributed by atoms with Gasteiger partial charge in [0.2, 0.25) is 5.13 Å². The Morgan fingerprint density at radius 2 is 2.05 bits per heavy atom. The van der Waals surface area contributed by atoms with Gasteiger partial charge in [0, 0.05) is 33.9 Å². The molecule has 0 aliphatic rings. The Labute approximate surface area is 137 Å². The zero-order valence-corrected chi connectivity index (χ0v) is 13.4. The number of pyridine rings is 1. The third-order valence-electron chi connectivity index (χ3n) is 3.04. The van der Waals surface area contributed by atoms with E-state index in [0.717, 1.165) is 27.7 Å². The lowest BCUT2D eigenvalue weighted by Gasteiger charge is -2.00. The minimum atomic E-state index is 0.717. The molecule has 1 N–H and O–H groups in total. The number of rotatable bonds is 4. The molecule has 0 saturated carbocycles. The van der Waals surface area contributed by atoms with Crippen LogP contribution in [0.5, 0.6) is 0 Å². The van der Waals surface area contributed by atoms with Crippen LogP contribution in [0.2, 0.25) is 5.02 Å². The first kappa shape index (κ1) is 14.7. The molecule has 2 heterocycles. The topological polar surface area (TPSA) is 50.2 Å². The Morgan fingerprint density at radius 3 is 2.77 bits per heavy atom. The van der Waals surface area contributed by atoms with E-state index < -0.39 is 0 Å². The Morgan fingerprint density at radius 1 is 1.23 bits per heavy atom. The standard InChI is InChI=1S/C16H13ClN4S/c1-11(13-3-2-8-18-9-13)20-21-16-19-15(10-22-16)12-4-6-14(17)7-5-12/h2-10H,1H3,(H,19,21)/b20-11+. The number of nitrogens with one attached hydrogen (secondary N) is 1. The number of nitrogens with zero attached hydrogens (tertiary/aromatic N) is 3. The minimum absolute atomic E-state index is 0.717. The van der Waals surface area contributed by atoms with Gasteiger partial charge in [-0.05, 0) is 25.1 Å². The van der Waals surface area contributed by atoms with Gasteiger partial charge in [-0.3, -0.25) is 10.4 Å². The predicted molar refractivity (Wildman–Crippen MR) is 92.6 cm³/mol. The molecule has 0 spiro atoms. The molecular formula is C16H13ClN4S. The third kappa shape index (κ3) is 3.50. The van der Waals surface area contributed by atoms with Crippen molar-refractivity contribution in [1.29, 1.82) is 0 Å². The zero-order valence-electron chi connectivity index (χ0n) is 11.8. The second-order valence-electron chi connectivity index (χ2n) is 4.60. The van der Waals surface area contributed by atoms with Crippen LogP contribution in [0.4, 0.5) is 5.13 Å². The Bertz CT molecular complexity index is 781. The highest BCUT2D eigenvalue weighted by Gasteiger charge is 2.04. The smallest absolute Gasteiger partial charge is 0.203 e. The van der Waals surface area contributed by atoms with Crippen LogP contribution in [-0.2, 0) is 0 Å². The van der Waals surface area contributed by atoms with Crippen molar-refractivity contribution in [3.8, 4) is 11.3 Å². The molecule has 110 valence electrons. The fraction of sp³-hybridized carbons (Fsp3) is 0.0625. The van der Waals surface area contributed by atoms with E-state index in [4.69, 9.17) is 11.6 Å². The number of thiazole rings is 1. The molecule has 0 fully saturated rings. The maximum Gasteiger partial charge on any atom is 0.203 e. The maximum atomic E-state index is 5.89. The summed E-state index contributed by atoms with van der Waals surface area (Å²) in [6.07, 6.45) is 3.52. The highest BCUT2D eigenvalue weighted by atomic mass is 35.5. The summed E-state index contributed by atoms with van der Waals surface area (Å²) < 4.78 is 0. The molecule has 22 heavy (non-hydrogen) atoms. The molecule has 0 atom stereocenters. The Kier molecular flexibility index (Phi) is 4.46. The van der Waals surface area contributed by atoms with Crippen LogP contribution in [0.1, 0.15) is 12.5 Å². The lowest BCUT2D eigenvalue weighted by molar-refractivity contribution is 1.26. The Balaban J connectivity index is 1.73. The number of hydrogen-bond acceptors (Lipinski definition) is 5. The summed E-state index contributed by atoms with van der Waals surface area (Å²) in [4.78, 5) is 8.60. The molecule has 0 aliphatic heterocycles. The highest BCUT2D eigenvalue weighted by molar-refractivity contribution is 7.14. The third-order valence-corrected chi connectivity index (χ3v) is 4.04. The van der Waals surface area contributed by atoms with Crippen molar-refractivity contribution in [3.05, 3.63) is 64.8 Å². The van der Waals surface area contributed by atoms with Crippen LogP contribution in [-0.4, -0.2) is 15.7 Å². The first-order valence-electron chi connectivity index (χ1n) is 6.64. The molecule has 2 aromatic heterocycles. The number of benzene rings is 1. The van der Waals surface area contributed by atoms with Gasteiger partial charge in [-0.15, -0.1) is 11.3 Å². The summed E-state index contributed by atoms with van der Waals surface area (Å²) in [6, 6.07) is 11.5. The van der Waals surface area contributed by atoms with E-state index >= 15 is 0 Å². The van der Waals surface area contributed by atoms with Crippen molar-refractivity contribution in [2.75, 3.05) is 5.43 Å². The second kappa shape index (κ2) is 6.68. The van der Waals surface area contributed by atoms with Crippen LogP contribution < -0.4 is 5.43 Å². The molecule has 3 rings (SSSR count). The molecule has 0 radical (unpaired) electrons. The monoisotopic (exact) mass is 328 g/mol. The summed E-state index contributed by atoms with van der Waals surface area (Å²) in [6.45, 7) is 1.93.